The van der Waals surface area contributed by atoms with Gasteiger partial charge in [-0.1, -0.05) is 66.7 Å². The third kappa shape index (κ3) is 1.80. The van der Waals surface area contributed by atoms with Crippen molar-refractivity contribution in [3.05, 3.63) is 91.0 Å². The van der Waals surface area contributed by atoms with Crippen molar-refractivity contribution in [2.45, 2.75) is 0 Å². The first-order chi connectivity index (χ1) is 16.8. The Labute approximate surface area is 198 Å². The second-order valence-electron chi connectivity index (χ2n) is 9.40. The maximum absolute atomic E-state index is 2.57. The van der Waals surface area contributed by atoms with Gasteiger partial charge < -0.3 is 8.97 Å². The van der Waals surface area contributed by atoms with Crippen LogP contribution in [0.4, 0.5) is 0 Å². The summed E-state index contributed by atoms with van der Waals surface area (Å²) in [6.07, 6.45) is 0. The monoisotopic (exact) mass is 450 g/mol. The van der Waals surface area contributed by atoms with Gasteiger partial charge in [0.15, 0.2) is 0 Å². The Morgan fingerprint density at radius 2 is 1.18 bits per heavy atom. The van der Waals surface area contributed by atoms with Crippen molar-refractivity contribution >= 4 is 91.4 Å². The van der Waals surface area contributed by atoms with Crippen molar-refractivity contribution in [2.24, 2.45) is 7.05 Å². The minimum absolute atomic E-state index is 1.28. The Bertz CT molecular complexity index is 2290. The molecule has 0 atom stereocenters. The second-order valence-corrected chi connectivity index (χ2v) is 10.5. The van der Waals surface area contributed by atoms with Crippen LogP contribution < -0.4 is 0 Å². The number of hydrogen-bond donors (Lipinski definition) is 0. The van der Waals surface area contributed by atoms with Gasteiger partial charge in [-0.05, 0) is 29.7 Å². The summed E-state index contributed by atoms with van der Waals surface area (Å²) in [6, 6.07) is 33.8. The Morgan fingerprint density at radius 3 is 2.09 bits per heavy atom. The summed E-state index contributed by atoms with van der Waals surface area (Å²) in [5, 5.41) is 10.7. The first-order valence-corrected chi connectivity index (χ1v) is 12.5. The molecule has 0 aliphatic heterocycles. The molecular formula is C31H18N2S. The molecule has 0 unspecified atom stereocenters. The van der Waals surface area contributed by atoms with Crippen LogP contribution in [0.1, 0.15) is 0 Å². The summed E-state index contributed by atoms with van der Waals surface area (Å²) in [4.78, 5) is 0. The molecule has 0 fully saturated rings. The molecule has 0 saturated heterocycles. The highest BCUT2D eigenvalue weighted by Crippen LogP contribution is 2.47. The fourth-order valence-electron chi connectivity index (χ4n) is 6.49. The number of fused-ring (bicyclic) bond motifs is 9. The molecule has 0 saturated carbocycles. The van der Waals surface area contributed by atoms with E-state index >= 15 is 0 Å². The first-order valence-electron chi connectivity index (χ1n) is 11.7. The lowest BCUT2D eigenvalue weighted by atomic mass is 10.0. The number of rotatable bonds is 0. The average Bonchev–Trinajstić information content (AvgIpc) is 3.48. The molecule has 0 bridgehead atoms. The highest BCUT2D eigenvalue weighted by molar-refractivity contribution is 7.26. The highest BCUT2D eigenvalue weighted by atomic mass is 32.1. The third-order valence-corrected chi connectivity index (χ3v) is 8.96. The number of benzene rings is 5. The van der Waals surface area contributed by atoms with Crippen LogP contribution in [0.3, 0.4) is 0 Å². The van der Waals surface area contributed by atoms with E-state index in [-0.39, 0.29) is 0 Å². The van der Waals surface area contributed by atoms with E-state index in [4.69, 9.17) is 0 Å². The van der Waals surface area contributed by atoms with Gasteiger partial charge in [0.1, 0.15) is 0 Å². The lowest BCUT2D eigenvalue weighted by molar-refractivity contribution is 1.02. The van der Waals surface area contributed by atoms with Gasteiger partial charge in [-0.25, -0.2) is 0 Å². The number of aromatic nitrogens is 2. The molecule has 4 heterocycles. The van der Waals surface area contributed by atoms with E-state index < -0.39 is 0 Å². The lowest BCUT2D eigenvalue weighted by Crippen LogP contribution is -1.90. The summed E-state index contributed by atoms with van der Waals surface area (Å²) in [7, 11) is 2.22. The molecule has 0 aliphatic carbocycles. The average molecular weight is 451 g/mol. The Morgan fingerprint density at radius 1 is 0.500 bits per heavy atom. The molecule has 9 aromatic rings. The number of thiophene rings is 1. The minimum atomic E-state index is 1.28. The Hall–Kier alpha value is -4.08. The van der Waals surface area contributed by atoms with Crippen LogP contribution >= 0.6 is 11.3 Å². The summed E-state index contributed by atoms with van der Waals surface area (Å²) >= 11 is 1.90. The van der Waals surface area contributed by atoms with E-state index in [0.29, 0.717) is 0 Å². The van der Waals surface area contributed by atoms with Gasteiger partial charge >= 0.3 is 0 Å². The minimum Gasteiger partial charge on any atom is -0.343 e. The van der Waals surface area contributed by atoms with Crippen molar-refractivity contribution in [3.63, 3.8) is 0 Å². The van der Waals surface area contributed by atoms with Gasteiger partial charge in [0.05, 0.1) is 22.1 Å². The normalized spacial score (nSPS) is 12.9. The van der Waals surface area contributed by atoms with E-state index in [1.54, 1.807) is 0 Å². The molecule has 34 heavy (non-hydrogen) atoms. The molecule has 0 N–H and O–H groups in total. The first kappa shape index (κ1) is 17.4. The molecule has 0 spiro atoms. The van der Waals surface area contributed by atoms with Crippen LogP contribution in [0, 0.1) is 0 Å². The second kappa shape index (κ2) is 5.69. The Kier molecular flexibility index (Phi) is 2.91. The van der Waals surface area contributed by atoms with Crippen molar-refractivity contribution < 1.29 is 0 Å². The predicted molar refractivity (Wildman–Crippen MR) is 148 cm³/mol. The molecule has 0 aliphatic rings. The molecule has 158 valence electrons. The van der Waals surface area contributed by atoms with E-state index in [2.05, 4.69) is 107 Å². The summed E-state index contributed by atoms with van der Waals surface area (Å²) < 4.78 is 7.65. The summed E-state index contributed by atoms with van der Waals surface area (Å²) in [5.41, 5.74) is 6.52. The van der Waals surface area contributed by atoms with Gasteiger partial charge in [0.25, 0.3) is 0 Å². The lowest BCUT2D eigenvalue weighted by Gasteiger charge is -2.06. The van der Waals surface area contributed by atoms with Crippen LogP contribution in [0.5, 0.6) is 0 Å². The number of hydrogen-bond acceptors (Lipinski definition) is 1. The molecular weight excluding hydrogens is 432 g/mol. The molecule has 3 heteroatoms. The number of nitrogens with zero attached hydrogens (tertiary/aromatic N) is 2. The standard InChI is InChI=1S/C31H18N2S/c1-32-23-14-7-10-18-20-12-6-11-19-17-8-2-4-13-22(17)33(30(19)20)31-28-21-9-3-5-15-25(21)34-26(28)16-24(32)29(31)27(18)23/h2-16H,1H3. The van der Waals surface area contributed by atoms with Gasteiger partial charge in [-0.15, -0.1) is 11.3 Å². The molecule has 5 aromatic carbocycles. The predicted octanol–water partition coefficient (Wildman–Crippen LogP) is 8.85. The van der Waals surface area contributed by atoms with Crippen molar-refractivity contribution in [2.75, 3.05) is 0 Å². The molecule has 9 rings (SSSR count). The van der Waals surface area contributed by atoms with E-state index in [0.717, 1.165) is 0 Å². The number of para-hydroxylation sites is 2. The highest BCUT2D eigenvalue weighted by Gasteiger charge is 2.23. The largest absolute Gasteiger partial charge is 0.343 e. The smallest absolute Gasteiger partial charge is 0.0655 e. The molecule has 0 radical (unpaired) electrons. The zero-order valence-electron chi connectivity index (χ0n) is 18.5. The maximum Gasteiger partial charge on any atom is 0.0655 e. The third-order valence-electron chi connectivity index (χ3n) is 7.84. The topological polar surface area (TPSA) is 9.34 Å². The zero-order valence-corrected chi connectivity index (χ0v) is 19.3. The van der Waals surface area contributed by atoms with Crippen LogP contribution in [-0.4, -0.2) is 8.97 Å². The summed E-state index contributed by atoms with van der Waals surface area (Å²) in [6.45, 7) is 0. The van der Waals surface area contributed by atoms with E-state index in [1.165, 1.54) is 80.1 Å². The molecule has 0 amide bonds. The van der Waals surface area contributed by atoms with Gasteiger partial charge in [-0.3, -0.25) is 0 Å². The molecule has 4 aromatic heterocycles. The van der Waals surface area contributed by atoms with E-state index in [1.807, 2.05) is 11.3 Å². The van der Waals surface area contributed by atoms with Crippen LogP contribution in [0.2, 0.25) is 0 Å². The van der Waals surface area contributed by atoms with E-state index in [9.17, 15) is 0 Å². The quantitative estimate of drug-likeness (QED) is 0.218. The van der Waals surface area contributed by atoms with Crippen molar-refractivity contribution in [1.29, 1.82) is 0 Å². The van der Waals surface area contributed by atoms with Gasteiger partial charge in [-0.2, -0.15) is 0 Å². The van der Waals surface area contributed by atoms with Gasteiger partial charge in [0, 0.05) is 59.7 Å². The van der Waals surface area contributed by atoms with Crippen LogP contribution in [0.15, 0.2) is 91.0 Å². The summed E-state index contributed by atoms with van der Waals surface area (Å²) in [5.74, 6) is 0. The zero-order chi connectivity index (χ0) is 22.1. The SMILES string of the molecule is Cn1c2cccc3c4cccc5c6ccccc6n(c45)c4c5c(cc1c4c32)sc1ccccc15. The molecule has 2 nitrogen and oxygen atoms in total. The van der Waals surface area contributed by atoms with Crippen LogP contribution in [0.25, 0.3) is 80.1 Å². The maximum atomic E-state index is 2.57. The van der Waals surface area contributed by atoms with Gasteiger partial charge in [0.2, 0.25) is 0 Å². The fraction of sp³-hybridized carbons (Fsp3) is 0.0323. The fourth-order valence-corrected chi connectivity index (χ4v) is 7.64. The Balaban J connectivity index is 1.84. The van der Waals surface area contributed by atoms with Crippen LogP contribution in [-0.2, 0) is 7.05 Å². The van der Waals surface area contributed by atoms with Crippen molar-refractivity contribution in [3.8, 4) is 0 Å². The number of aryl methyl sites for hydroxylation is 1. The van der Waals surface area contributed by atoms with Crippen molar-refractivity contribution in [1.82, 2.24) is 8.97 Å².